The van der Waals surface area contributed by atoms with Crippen LogP contribution in [0.3, 0.4) is 0 Å². The summed E-state index contributed by atoms with van der Waals surface area (Å²) in [6.07, 6.45) is 2.13. The van der Waals surface area contributed by atoms with E-state index in [0.29, 0.717) is 22.5 Å². The number of aromatic amines is 1. The van der Waals surface area contributed by atoms with E-state index < -0.39 is 0 Å². The molecule has 38 heavy (non-hydrogen) atoms. The van der Waals surface area contributed by atoms with Crippen molar-refractivity contribution >= 4 is 51.1 Å². The van der Waals surface area contributed by atoms with Gasteiger partial charge in [0.1, 0.15) is 5.82 Å². The maximum atomic E-state index is 13.5. The normalized spacial score (nSPS) is 17.5. The molecule has 6 rings (SSSR count). The summed E-state index contributed by atoms with van der Waals surface area (Å²) in [6.45, 7) is 3.82. The highest BCUT2D eigenvalue weighted by molar-refractivity contribution is 6.38. The number of piperidine rings is 1. The molecule has 0 saturated carbocycles. The van der Waals surface area contributed by atoms with Crippen molar-refractivity contribution in [3.63, 3.8) is 0 Å². The Bertz CT molecular complexity index is 1490. The number of likely N-dealkylation sites (tertiary alicyclic amines) is 1. The molecule has 1 amide bonds. The van der Waals surface area contributed by atoms with E-state index in [2.05, 4.69) is 26.6 Å². The molecule has 8 heteroatoms. The SMILES string of the molecule is COCCN1CCC(Nc2ccc3c(c2)C(=C(c2cccc(Cl)c2)c2nc4ccccc4[nH]2)C(=O)N3)CC1. The molecule has 4 aromatic rings. The quantitative estimate of drug-likeness (QED) is 0.271. The lowest BCUT2D eigenvalue weighted by Crippen LogP contribution is -2.40. The molecule has 2 aliphatic rings. The van der Waals surface area contributed by atoms with E-state index in [1.54, 1.807) is 7.11 Å². The van der Waals surface area contributed by atoms with Gasteiger partial charge in [0, 0.05) is 60.3 Å². The minimum Gasteiger partial charge on any atom is -0.383 e. The fourth-order valence-electron chi connectivity index (χ4n) is 5.38. The number of nitrogens with one attached hydrogen (secondary N) is 3. The van der Waals surface area contributed by atoms with E-state index in [4.69, 9.17) is 21.3 Å². The van der Waals surface area contributed by atoms with Crippen LogP contribution >= 0.6 is 11.6 Å². The van der Waals surface area contributed by atoms with E-state index >= 15 is 0 Å². The second-order valence-corrected chi connectivity index (χ2v) is 10.3. The minimum atomic E-state index is -0.154. The number of imidazole rings is 1. The first-order valence-corrected chi connectivity index (χ1v) is 13.4. The Kier molecular flexibility index (Phi) is 6.89. The summed E-state index contributed by atoms with van der Waals surface area (Å²) < 4.78 is 5.23. The molecule has 0 spiro atoms. The van der Waals surface area contributed by atoms with Crippen molar-refractivity contribution in [1.82, 2.24) is 14.9 Å². The largest absolute Gasteiger partial charge is 0.383 e. The molecule has 3 aromatic carbocycles. The summed E-state index contributed by atoms with van der Waals surface area (Å²) >= 11 is 6.40. The fraction of sp³-hybridized carbons (Fsp3) is 0.267. The number of rotatable bonds is 7. The molecule has 0 atom stereocenters. The highest BCUT2D eigenvalue weighted by Gasteiger charge is 2.31. The Morgan fingerprint density at radius 1 is 1.11 bits per heavy atom. The number of amides is 1. The number of methoxy groups -OCH3 is 1. The maximum Gasteiger partial charge on any atom is 0.257 e. The Morgan fingerprint density at radius 3 is 2.74 bits per heavy atom. The molecule has 0 radical (unpaired) electrons. The van der Waals surface area contributed by atoms with Crippen molar-refractivity contribution < 1.29 is 9.53 Å². The number of para-hydroxylation sites is 2. The van der Waals surface area contributed by atoms with Gasteiger partial charge >= 0.3 is 0 Å². The second-order valence-electron chi connectivity index (χ2n) is 9.83. The topological polar surface area (TPSA) is 82.3 Å². The van der Waals surface area contributed by atoms with Crippen LogP contribution in [0.15, 0.2) is 66.7 Å². The van der Waals surface area contributed by atoms with Crippen LogP contribution in [0.2, 0.25) is 5.02 Å². The van der Waals surface area contributed by atoms with Crippen LogP contribution in [0.25, 0.3) is 22.2 Å². The van der Waals surface area contributed by atoms with Crippen molar-refractivity contribution in [3.05, 3.63) is 88.7 Å². The van der Waals surface area contributed by atoms with Gasteiger partial charge < -0.3 is 25.3 Å². The third-order valence-electron chi connectivity index (χ3n) is 7.32. The lowest BCUT2D eigenvalue weighted by molar-refractivity contribution is -0.110. The molecule has 0 bridgehead atoms. The van der Waals surface area contributed by atoms with Gasteiger partial charge in [0.25, 0.3) is 5.91 Å². The smallest absolute Gasteiger partial charge is 0.257 e. The van der Waals surface area contributed by atoms with Gasteiger partial charge in [-0.2, -0.15) is 0 Å². The zero-order valence-electron chi connectivity index (χ0n) is 21.3. The lowest BCUT2D eigenvalue weighted by Gasteiger charge is -2.32. The van der Waals surface area contributed by atoms with Crippen LogP contribution in [0, 0.1) is 0 Å². The molecule has 0 unspecified atom stereocenters. The van der Waals surface area contributed by atoms with E-state index in [1.165, 1.54) is 0 Å². The number of H-pyrrole nitrogens is 1. The average Bonchev–Trinajstić information content (AvgIpc) is 3.49. The summed E-state index contributed by atoms with van der Waals surface area (Å²) in [5, 5.41) is 7.36. The molecule has 3 heterocycles. The minimum absolute atomic E-state index is 0.154. The average molecular weight is 528 g/mol. The number of benzene rings is 3. The first kappa shape index (κ1) is 24.7. The highest BCUT2D eigenvalue weighted by atomic mass is 35.5. The van der Waals surface area contributed by atoms with Crippen LogP contribution in [-0.4, -0.2) is 60.2 Å². The van der Waals surface area contributed by atoms with Gasteiger partial charge in [-0.3, -0.25) is 4.79 Å². The Labute approximate surface area is 226 Å². The van der Waals surface area contributed by atoms with E-state index in [1.807, 2.05) is 60.7 Å². The van der Waals surface area contributed by atoms with Gasteiger partial charge in [-0.1, -0.05) is 35.9 Å². The van der Waals surface area contributed by atoms with Gasteiger partial charge in [-0.15, -0.1) is 0 Å². The number of fused-ring (bicyclic) bond motifs is 2. The second kappa shape index (κ2) is 10.6. The number of ether oxygens (including phenoxy) is 1. The molecule has 7 nitrogen and oxygen atoms in total. The standard InChI is InChI=1S/C30H30ClN5O2/c1-38-16-15-36-13-11-21(12-14-36)32-22-9-10-24-23(18-22)28(30(37)35-24)27(19-5-4-6-20(31)17-19)29-33-25-7-2-3-8-26(25)34-29/h2-10,17-18,21,32H,11-16H2,1H3,(H,33,34)(H,35,37). The third-order valence-corrected chi connectivity index (χ3v) is 7.56. The predicted molar refractivity (Wildman–Crippen MR) is 153 cm³/mol. The third kappa shape index (κ3) is 4.92. The number of aromatic nitrogens is 2. The Balaban J connectivity index is 1.38. The van der Waals surface area contributed by atoms with Gasteiger partial charge in [-0.25, -0.2) is 4.98 Å². The summed E-state index contributed by atoms with van der Waals surface area (Å²) in [4.78, 5) is 24.2. The van der Waals surface area contributed by atoms with Crippen molar-refractivity contribution in [2.24, 2.45) is 0 Å². The molecule has 1 fully saturated rings. The summed E-state index contributed by atoms with van der Waals surface area (Å²) in [7, 11) is 1.75. The predicted octanol–water partition coefficient (Wildman–Crippen LogP) is 5.65. The molecule has 194 valence electrons. The summed E-state index contributed by atoms with van der Waals surface area (Å²) in [5.41, 5.74) is 6.54. The van der Waals surface area contributed by atoms with Crippen LogP contribution in [0.1, 0.15) is 29.8 Å². The molecule has 0 aliphatic carbocycles. The van der Waals surface area contributed by atoms with Crippen LogP contribution in [-0.2, 0) is 9.53 Å². The van der Waals surface area contributed by atoms with Crippen LogP contribution in [0.4, 0.5) is 11.4 Å². The summed E-state index contributed by atoms with van der Waals surface area (Å²) in [5.74, 6) is 0.479. The number of anilines is 2. The number of nitrogens with zero attached hydrogens (tertiary/aromatic N) is 2. The zero-order chi connectivity index (χ0) is 26.1. The van der Waals surface area contributed by atoms with Crippen molar-refractivity contribution in [1.29, 1.82) is 0 Å². The fourth-order valence-corrected chi connectivity index (χ4v) is 5.57. The highest BCUT2D eigenvalue weighted by Crippen LogP contribution is 2.41. The van der Waals surface area contributed by atoms with Gasteiger partial charge in [0.15, 0.2) is 0 Å². The molecular formula is C30H30ClN5O2. The first-order valence-electron chi connectivity index (χ1n) is 13.0. The maximum absolute atomic E-state index is 13.5. The lowest BCUT2D eigenvalue weighted by atomic mass is 9.94. The number of carbonyl (C=O) groups is 1. The molecule has 3 N–H and O–H groups in total. The molecular weight excluding hydrogens is 498 g/mol. The first-order chi connectivity index (χ1) is 18.6. The Hall–Kier alpha value is -3.65. The van der Waals surface area contributed by atoms with Crippen molar-refractivity contribution in [3.8, 4) is 0 Å². The van der Waals surface area contributed by atoms with Crippen LogP contribution in [0.5, 0.6) is 0 Å². The number of carbonyl (C=O) groups excluding carboxylic acids is 1. The molecule has 2 aliphatic heterocycles. The zero-order valence-corrected chi connectivity index (χ0v) is 22.0. The molecule has 1 saturated heterocycles. The van der Waals surface area contributed by atoms with E-state index in [0.717, 1.165) is 78.2 Å². The van der Waals surface area contributed by atoms with Crippen molar-refractivity contribution in [2.45, 2.75) is 18.9 Å². The monoisotopic (exact) mass is 527 g/mol. The van der Waals surface area contributed by atoms with Gasteiger partial charge in [0.05, 0.1) is 23.2 Å². The van der Waals surface area contributed by atoms with Crippen molar-refractivity contribution in [2.75, 3.05) is 44.0 Å². The van der Waals surface area contributed by atoms with Gasteiger partial charge in [-0.05, 0) is 60.9 Å². The van der Waals surface area contributed by atoms with E-state index in [-0.39, 0.29) is 5.91 Å². The summed E-state index contributed by atoms with van der Waals surface area (Å²) in [6, 6.07) is 21.9. The Morgan fingerprint density at radius 2 is 1.95 bits per heavy atom. The van der Waals surface area contributed by atoms with Gasteiger partial charge in [0.2, 0.25) is 0 Å². The van der Waals surface area contributed by atoms with Crippen LogP contribution < -0.4 is 10.6 Å². The van der Waals surface area contributed by atoms with E-state index in [9.17, 15) is 4.79 Å². The number of hydrogen-bond acceptors (Lipinski definition) is 5. The molecule has 1 aromatic heterocycles. The number of halogens is 1. The number of hydrogen-bond donors (Lipinski definition) is 3.